The van der Waals surface area contributed by atoms with E-state index in [4.69, 9.17) is 10.5 Å². The lowest BCUT2D eigenvalue weighted by atomic mass is 9.93. The van der Waals surface area contributed by atoms with Gasteiger partial charge in [-0.3, -0.25) is 4.79 Å². The molecular weight excluding hydrogens is 206 g/mol. The number of ether oxygens (including phenoxy) is 2. The topological polar surface area (TPSA) is 61.5 Å². The van der Waals surface area contributed by atoms with Gasteiger partial charge in [0.1, 0.15) is 0 Å². The van der Waals surface area contributed by atoms with Crippen molar-refractivity contribution >= 4 is 5.97 Å². The molecule has 0 aromatic heterocycles. The number of esters is 1. The molecule has 0 saturated heterocycles. The predicted molar refractivity (Wildman–Crippen MR) is 62.1 cm³/mol. The first-order valence-corrected chi connectivity index (χ1v) is 6.10. The van der Waals surface area contributed by atoms with Gasteiger partial charge in [0.15, 0.2) is 0 Å². The molecule has 4 nitrogen and oxygen atoms in total. The van der Waals surface area contributed by atoms with Crippen LogP contribution in [0.2, 0.25) is 0 Å². The number of rotatable bonds is 5. The van der Waals surface area contributed by atoms with E-state index in [1.165, 1.54) is 32.8 Å². The van der Waals surface area contributed by atoms with Crippen molar-refractivity contribution in [2.75, 3.05) is 20.3 Å². The summed E-state index contributed by atoms with van der Waals surface area (Å²) in [4.78, 5) is 10.9. The van der Waals surface area contributed by atoms with Crippen LogP contribution in [0.25, 0.3) is 0 Å². The van der Waals surface area contributed by atoms with Crippen molar-refractivity contribution in [1.82, 2.24) is 0 Å². The van der Waals surface area contributed by atoms with E-state index in [2.05, 4.69) is 4.74 Å². The normalized spacial score (nSPS) is 20.1. The summed E-state index contributed by atoms with van der Waals surface area (Å²) in [5, 5.41) is 0. The van der Waals surface area contributed by atoms with Gasteiger partial charge in [-0.2, -0.15) is 0 Å². The van der Waals surface area contributed by atoms with Crippen LogP contribution in [-0.4, -0.2) is 31.8 Å². The average Bonchev–Trinajstić information content (AvgIpc) is 2.50. The highest BCUT2D eigenvalue weighted by Crippen LogP contribution is 2.25. The van der Waals surface area contributed by atoms with Crippen LogP contribution >= 0.6 is 0 Å². The quantitative estimate of drug-likeness (QED) is 0.442. The van der Waals surface area contributed by atoms with Gasteiger partial charge in [0.2, 0.25) is 0 Å². The van der Waals surface area contributed by atoms with Crippen LogP contribution in [0, 0.1) is 0 Å². The molecule has 1 aliphatic rings. The second-order valence-electron chi connectivity index (χ2n) is 4.66. The van der Waals surface area contributed by atoms with Crippen LogP contribution in [0.1, 0.15) is 44.9 Å². The monoisotopic (exact) mass is 229 g/mol. The maximum Gasteiger partial charge on any atom is 0.307 e. The van der Waals surface area contributed by atoms with Gasteiger partial charge in [0.05, 0.1) is 26.7 Å². The van der Waals surface area contributed by atoms with Crippen LogP contribution in [0.4, 0.5) is 0 Å². The van der Waals surface area contributed by atoms with Crippen LogP contribution in [0.15, 0.2) is 0 Å². The molecule has 4 heteroatoms. The van der Waals surface area contributed by atoms with Crippen molar-refractivity contribution < 1.29 is 14.3 Å². The van der Waals surface area contributed by atoms with Crippen LogP contribution in [0.3, 0.4) is 0 Å². The lowest BCUT2D eigenvalue weighted by Gasteiger charge is -2.27. The highest BCUT2D eigenvalue weighted by Gasteiger charge is 2.26. The molecule has 0 bridgehead atoms. The highest BCUT2D eigenvalue weighted by atomic mass is 16.5. The molecule has 1 saturated carbocycles. The Kier molecular flexibility index (Phi) is 5.77. The van der Waals surface area contributed by atoms with Crippen molar-refractivity contribution in [1.29, 1.82) is 0 Å². The maximum atomic E-state index is 10.9. The second-order valence-corrected chi connectivity index (χ2v) is 4.66. The Balaban J connectivity index is 2.17. The summed E-state index contributed by atoms with van der Waals surface area (Å²) < 4.78 is 10.0. The third kappa shape index (κ3) is 4.94. The molecule has 0 amide bonds. The van der Waals surface area contributed by atoms with Gasteiger partial charge >= 0.3 is 5.97 Å². The summed E-state index contributed by atoms with van der Waals surface area (Å²) in [6, 6.07) is 0. The summed E-state index contributed by atoms with van der Waals surface area (Å²) in [7, 11) is 1.39. The van der Waals surface area contributed by atoms with Gasteiger partial charge in [-0.1, -0.05) is 25.7 Å². The number of carbonyl (C=O) groups excluding carboxylic acids is 1. The Morgan fingerprint density at radius 1 is 1.25 bits per heavy atom. The summed E-state index contributed by atoms with van der Waals surface area (Å²) in [6.07, 6.45) is 7.32. The van der Waals surface area contributed by atoms with Crippen LogP contribution in [-0.2, 0) is 14.3 Å². The fraction of sp³-hybridized carbons (Fsp3) is 0.917. The molecule has 0 spiro atoms. The van der Waals surface area contributed by atoms with E-state index in [1.807, 2.05) is 0 Å². The molecule has 1 fully saturated rings. The van der Waals surface area contributed by atoms with Gasteiger partial charge in [-0.25, -0.2) is 0 Å². The Morgan fingerprint density at radius 2 is 1.88 bits per heavy atom. The van der Waals surface area contributed by atoms with Crippen LogP contribution in [0.5, 0.6) is 0 Å². The van der Waals surface area contributed by atoms with Gasteiger partial charge in [-0.05, 0) is 12.8 Å². The van der Waals surface area contributed by atoms with E-state index in [-0.39, 0.29) is 11.5 Å². The second kappa shape index (κ2) is 6.86. The fourth-order valence-corrected chi connectivity index (χ4v) is 2.11. The first-order chi connectivity index (χ1) is 7.66. The van der Waals surface area contributed by atoms with E-state index >= 15 is 0 Å². The minimum absolute atomic E-state index is 0.174. The largest absolute Gasteiger partial charge is 0.469 e. The van der Waals surface area contributed by atoms with Crippen molar-refractivity contribution in [3.63, 3.8) is 0 Å². The van der Waals surface area contributed by atoms with E-state index in [0.29, 0.717) is 19.6 Å². The minimum atomic E-state index is -0.230. The summed E-state index contributed by atoms with van der Waals surface area (Å²) in [6.45, 7) is 0.968. The number of hydrogen-bond acceptors (Lipinski definition) is 4. The zero-order chi connectivity index (χ0) is 11.9. The predicted octanol–water partition coefficient (Wildman–Crippen LogP) is 1.62. The van der Waals surface area contributed by atoms with Crippen molar-refractivity contribution in [3.8, 4) is 0 Å². The lowest BCUT2D eigenvalue weighted by Crippen LogP contribution is -2.44. The van der Waals surface area contributed by atoms with Crippen molar-refractivity contribution in [2.24, 2.45) is 5.73 Å². The molecule has 94 valence electrons. The zero-order valence-corrected chi connectivity index (χ0v) is 10.2. The van der Waals surface area contributed by atoms with Gasteiger partial charge in [0.25, 0.3) is 0 Å². The minimum Gasteiger partial charge on any atom is -0.469 e. The molecular formula is C12H23NO3. The lowest BCUT2D eigenvalue weighted by molar-refractivity contribution is -0.142. The molecule has 0 aromatic rings. The molecule has 16 heavy (non-hydrogen) atoms. The van der Waals surface area contributed by atoms with Gasteiger partial charge in [-0.15, -0.1) is 0 Å². The molecule has 0 atom stereocenters. The first kappa shape index (κ1) is 13.5. The molecule has 1 rings (SSSR count). The Hall–Kier alpha value is -0.610. The zero-order valence-electron chi connectivity index (χ0n) is 10.2. The summed E-state index contributed by atoms with van der Waals surface area (Å²) >= 11 is 0. The molecule has 0 aliphatic heterocycles. The Labute approximate surface area is 97.5 Å². The molecule has 0 aromatic carbocycles. The molecule has 0 radical (unpaired) electrons. The van der Waals surface area contributed by atoms with Crippen LogP contribution < -0.4 is 5.73 Å². The van der Waals surface area contributed by atoms with E-state index < -0.39 is 0 Å². The van der Waals surface area contributed by atoms with E-state index in [9.17, 15) is 4.79 Å². The van der Waals surface area contributed by atoms with E-state index in [0.717, 1.165) is 12.8 Å². The van der Waals surface area contributed by atoms with Crippen molar-refractivity contribution in [2.45, 2.75) is 50.5 Å². The summed E-state index contributed by atoms with van der Waals surface area (Å²) in [5.74, 6) is -0.230. The number of nitrogens with two attached hydrogens (primary N) is 1. The highest BCUT2D eigenvalue weighted by molar-refractivity contribution is 5.69. The maximum absolute atomic E-state index is 10.9. The van der Waals surface area contributed by atoms with Gasteiger partial charge in [0, 0.05) is 5.54 Å². The van der Waals surface area contributed by atoms with Gasteiger partial charge < -0.3 is 15.2 Å². The number of carbonyl (C=O) groups is 1. The Morgan fingerprint density at radius 3 is 2.44 bits per heavy atom. The molecule has 2 N–H and O–H groups in total. The molecule has 0 heterocycles. The third-order valence-electron chi connectivity index (χ3n) is 3.17. The Bertz CT molecular complexity index is 210. The first-order valence-electron chi connectivity index (χ1n) is 6.10. The fourth-order valence-electron chi connectivity index (χ4n) is 2.11. The number of hydrogen-bond donors (Lipinski definition) is 1. The molecule has 0 unspecified atom stereocenters. The number of methoxy groups -OCH3 is 1. The SMILES string of the molecule is COC(=O)CCOCC1(N)CCCCCC1. The van der Waals surface area contributed by atoms with Crippen molar-refractivity contribution in [3.05, 3.63) is 0 Å². The summed E-state index contributed by atoms with van der Waals surface area (Å²) in [5.41, 5.74) is 6.09. The molecule has 1 aliphatic carbocycles. The van der Waals surface area contributed by atoms with E-state index in [1.54, 1.807) is 0 Å². The average molecular weight is 229 g/mol. The standard InChI is InChI=1S/C12H23NO3/c1-15-11(14)6-9-16-10-12(13)7-4-2-3-5-8-12/h2-10,13H2,1H3. The third-order valence-corrected chi connectivity index (χ3v) is 3.17. The smallest absolute Gasteiger partial charge is 0.307 e.